The molecule has 6 rings (SSSR count). The highest BCUT2D eigenvalue weighted by atomic mass is 16.5. The molecule has 1 atom stereocenters. The van der Waals surface area contributed by atoms with Gasteiger partial charge in [-0.15, -0.1) is 5.10 Å². The first-order valence-electron chi connectivity index (χ1n) is 14.4. The predicted molar refractivity (Wildman–Crippen MR) is 172 cm³/mol. The first-order chi connectivity index (χ1) is 22.0. The van der Waals surface area contributed by atoms with E-state index in [1.165, 1.54) is 0 Å². The van der Waals surface area contributed by atoms with Gasteiger partial charge in [-0.2, -0.15) is 4.98 Å². The van der Waals surface area contributed by atoms with Gasteiger partial charge in [-0.1, -0.05) is 54.6 Å². The summed E-state index contributed by atoms with van der Waals surface area (Å²) in [6.07, 6.45) is 0. The predicted octanol–water partition coefficient (Wildman–Crippen LogP) is 6.48. The van der Waals surface area contributed by atoms with E-state index in [1.54, 1.807) is 32.1 Å². The third-order valence-electron chi connectivity index (χ3n) is 7.48. The molecule has 45 heavy (non-hydrogen) atoms. The molecule has 1 aromatic heterocycles. The Balaban J connectivity index is 1.42. The molecule has 0 aliphatic carbocycles. The summed E-state index contributed by atoms with van der Waals surface area (Å²) >= 11 is 0. The maximum Gasteiger partial charge on any atom is 0.255 e. The number of hydrogen-bond acceptors (Lipinski definition) is 8. The molecule has 1 amide bonds. The summed E-state index contributed by atoms with van der Waals surface area (Å²) in [6, 6.07) is 29.7. The van der Waals surface area contributed by atoms with Crippen LogP contribution in [0.4, 0.5) is 11.6 Å². The van der Waals surface area contributed by atoms with E-state index in [4.69, 9.17) is 29.0 Å². The second-order valence-corrected chi connectivity index (χ2v) is 10.4. The van der Waals surface area contributed by atoms with E-state index >= 15 is 0 Å². The lowest BCUT2D eigenvalue weighted by molar-refractivity contribution is -0.113. The normalized spacial score (nSPS) is 13.8. The number of carbonyl (C=O) groups excluding carboxylic acids is 1. The van der Waals surface area contributed by atoms with Crippen LogP contribution in [0.1, 0.15) is 24.1 Å². The average Bonchev–Trinajstić information content (AvgIpc) is 3.51. The minimum atomic E-state index is -0.643. The number of nitrogens with one attached hydrogen (secondary N) is 2. The molecule has 1 unspecified atom stereocenters. The summed E-state index contributed by atoms with van der Waals surface area (Å²) in [7, 11) is 4.77. The van der Waals surface area contributed by atoms with Gasteiger partial charge < -0.3 is 29.6 Å². The average molecular weight is 604 g/mol. The fraction of sp³-hybridized carbons (Fsp3) is 0.171. The topological polar surface area (TPSA) is 109 Å². The quantitative estimate of drug-likeness (QED) is 0.187. The van der Waals surface area contributed by atoms with Gasteiger partial charge in [0.05, 0.1) is 26.9 Å². The highest BCUT2D eigenvalue weighted by Gasteiger charge is 2.35. The van der Waals surface area contributed by atoms with Crippen LogP contribution in [-0.4, -0.2) is 42.0 Å². The number of benzene rings is 4. The van der Waals surface area contributed by atoms with Crippen LogP contribution in [-0.2, 0) is 11.4 Å². The van der Waals surface area contributed by atoms with Gasteiger partial charge in [-0.3, -0.25) is 4.79 Å². The lowest BCUT2D eigenvalue weighted by atomic mass is 9.94. The van der Waals surface area contributed by atoms with E-state index in [1.807, 2.05) is 97.9 Å². The number of aromatic nitrogens is 3. The van der Waals surface area contributed by atoms with Crippen molar-refractivity contribution in [2.75, 3.05) is 32.0 Å². The SMILES string of the molecule is COc1cc(OC)cc(-c2nc3n(n2)C(c2ccc(OCc4ccccc4)c(OC)c2)C(C(=O)Nc2ccccc2)=C(C)N3)c1. The molecule has 4 aromatic carbocycles. The number of anilines is 2. The Kier molecular flexibility index (Phi) is 8.37. The number of para-hydroxylation sites is 1. The minimum Gasteiger partial charge on any atom is -0.497 e. The number of nitrogens with zero attached hydrogens (tertiary/aromatic N) is 3. The van der Waals surface area contributed by atoms with Crippen molar-refractivity contribution >= 4 is 17.5 Å². The van der Waals surface area contributed by atoms with Crippen molar-refractivity contribution in [2.24, 2.45) is 0 Å². The molecule has 5 aromatic rings. The van der Waals surface area contributed by atoms with Crippen LogP contribution in [0.25, 0.3) is 11.4 Å². The Morgan fingerprint density at radius 3 is 2.20 bits per heavy atom. The standard InChI is InChI=1S/C35H33N5O5/c1-22-31(34(41)37-26-13-9-6-10-14-26)32(24-15-16-29(30(19-24)44-4)45-21-23-11-7-5-8-12-23)40-35(36-22)38-33(39-40)25-17-27(42-2)20-28(18-25)43-3/h5-20,32H,21H2,1-4H3,(H,37,41)(H,36,38,39). The summed E-state index contributed by atoms with van der Waals surface area (Å²) in [5, 5.41) is 11.2. The van der Waals surface area contributed by atoms with E-state index < -0.39 is 6.04 Å². The molecule has 0 fully saturated rings. The lowest BCUT2D eigenvalue weighted by Crippen LogP contribution is -2.31. The molecule has 228 valence electrons. The van der Waals surface area contributed by atoms with Crippen LogP contribution in [0, 0.1) is 0 Å². The smallest absolute Gasteiger partial charge is 0.255 e. The van der Waals surface area contributed by atoms with Gasteiger partial charge in [-0.25, -0.2) is 4.68 Å². The summed E-state index contributed by atoms with van der Waals surface area (Å²) in [5.41, 5.74) is 4.30. The molecular weight excluding hydrogens is 570 g/mol. The van der Waals surface area contributed by atoms with Crippen LogP contribution in [0.2, 0.25) is 0 Å². The van der Waals surface area contributed by atoms with E-state index in [0.717, 1.165) is 11.1 Å². The van der Waals surface area contributed by atoms with Crippen molar-refractivity contribution in [1.29, 1.82) is 0 Å². The first-order valence-corrected chi connectivity index (χ1v) is 14.4. The van der Waals surface area contributed by atoms with Crippen LogP contribution in [0.3, 0.4) is 0 Å². The fourth-order valence-electron chi connectivity index (χ4n) is 5.24. The van der Waals surface area contributed by atoms with E-state index in [-0.39, 0.29) is 5.91 Å². The molecule has 2 N–H and O–H groups in total. The number of fused-ring (bicyclic) bond motifs is 1. The van der Waals surface area contributed by atoms with E-state index in [0.29, 0.717) is 63.9 Å². The van der Waals surface area contributed by atoms with Crippen molar-refractivity contribution in [3.05, 3.63) is 119 Å². The number of allylic oxidation sites excluding steroid dienone is 1. The number of methoxy groups -OCH3 is 3. The molecule has 2 heterocycles. The molecule has 1 aliphatic heterocycles. The summed E-state index contributed by atoms with van der Waals surface area (Å²) in [5.74, 6) is 2.97. The molecule has 0 saturated carbocycles. The molecule has 0 spiro atoms. The second kappa shape index (κ2) is 12.8. The third-order valence-corrected chi connectivity index (χ3v) is 7.48. The Hall–Kier alpha value is -5.77. The van der Waals surface area contributed by atoms with Gasteiger partial charge in [0.2, 0.25) is 5.95 Å². The number of carbonyl (C=O) groups is 1. The van der Waals surface area contributed by atoms with Crippen LogP contribution in [0.15, 0.2) is 108 Å². The molecule has 1 aliphatic rings. The Bertz CT molecular complexity index is 1830. The maximum atomic E-state index is 13.9. The zero-order chi connectivity index (χ0) is 31.3. The monoisotopic (exact) mass is 603 g/mol. The fourth-order valence-corrected chi connectivity index (χ4v) is 5.24. The van der Waals surface area contributed by atoms with Crippen LogP contribution in [0.5, 0.6) is 23.0 Å². The van der Waals surface area contributed by atoms with Crippen molar-refractivity contribution in [1.82, 2.24) is 14.8 Å². The van der Waals surface area contributed by atoms with Gasteiger partial charge in [0.25, 0.3) is 5.91 Å². The van der Waals surface area contributed by atoms with Gasteiger partial charge in [0.15, 0.2) is 17.3 Å². The maximum absolute atomic E-state index is 13.9. The largest absolute Gasteiger partial charge is 0.497 e. The summed E-state index contributed by atoms with van der Waals surface area (Å²) in [4.78, 5) is 18.7. The number of hydrogen-bond donors (Lipinski definition) is 2. The molecule has 10 nitrogen and oxygen atoms in total. The van der Waals surface area contributed by atoms with Crippen molar-refractivity contribution in [3.8, 4) is 34.4 Å². The second-order valence-electron chi connectivity index (χ2n) is 10.4. The highest BCUT2D eigenvalue weighted by molar-refractivity contribution is 6.06. The molecule has 10 heteroatoms. The van der Waals surface area contributed by atoms with Gasteiger partial charge in [0, 0.05) is 23.0 Å². The van der Waals surface area contributed by atoms with Crippen molar-refractivity contribution < 1.29 is 23.7 Å². The minimum absolute atomic E-state index is 0.273. The first kappa shape index (κ1) is 29.3. The number of ether oxygens (including phenoxy) is 4. The van der Waals surface area contributed by atoms with Crippen LogP contribution >= 0.6 is 0 Å². The third kappa shape index (κ3) is 6.16. The van der Waals surface area contributed by atoms with E-state index in [9.17, 15) is 4.79 Å². The zero-order valence-corrected chi connectivity index (χ0v) is 25.4. The highest BCUT2D eigenvalue weighted by Crippen LogP contribution is 2.40. The van der Waals surface area contributed by atoms with Crippen molar-refractivity contribution in [3.63, 3.8) is 0 Å². The van der Waals surface area contributed by atoms with Gasteiger partial charge in [-0.05, 0) is 54.4 Å². The van der Waals surface area contributed by atoms with Gasteiger partial charge in [0.1, 0.15) is 24.1 Å². The van der Waals surface area contributed by atoms with Gasteiger partial charge >= 0.3 is 0 Å². The number of rotatable bonds is 10. The number of amides is 1. The summed E-state index contributed by atoms with van der Waals surface area (Å²) < 4.78 is 24.5. The zero-order valence-electron chi connectivity index (χ0n) is 25.4. The Labute approximate surface area is 261 Å². The molecular formula is C35H33N5O5. The van der Waals surface area contributed by atoms with E-state index in [2.05, 4.69) is 10.6 Å². The Morgan fingerprint density at radius 1 is 0.844 bits per heavy atom. The molecule has 0 radical (unpaired) electrons. The molecule has 0 saturated heterocycles. The molecule has 0 bridgehead atoms. The lowest BCUT2D eigenvalue weighted by Gasteiger charge is -2.29. The Morgan fingerprint density at radius 2 is 1.53 bits per heavy atom. The van der Waals surface area contributed by atoms with Crippen LogP contribution < -0.4 is 29.6 Å². The van der Waals surface area contributed by atoms with Crippen molar-refractivity contribution in [2.45, 2.75) is 19.6 Å². The summed E-state index contributed by atoms with van der Waals surface area (Å²) in [6.45, 7) is 2.24.